The number of halogens is 1. The molecule has 0 aromatic heterocycles. The molecule has 0 radical (unpaired) electrons. The number of carboxylic acid groups (broad SMARTS) is 1. The number of benzene rings is 1. The summed E-state index contributed by atoms with van der Waals surface area (Å²) in [5, 5.41) is 12.3. The highest BCUT2D eigenvalue weighted by Gasteiger charge is 2.56. The lowest BCUT2D eigenvalue weighted by Crippen LogP contribution is -2.35. The van der Waals surface area contributed by atoms with Crippen molar-refractivity contribution in [2.45, 2.75) is 25.3 Å². The van der Waals surface area contributed by atoms with Gasteiger partial charge >= 0.3 is 5.97 Å². The summed E-state index contributed by atoms with van der Waals surface area (Å²) in [4.78, 5) is 23.6. The van der Waals surface area contributed by atoms with Crippen LogP contribution in [0.2, 0.25) is 5.02 Å². The van der Waals surface area contributed by atoms with E-state index in [1.54, 1.807) is 24.3 Å². The van der Waals surface area contributed by atoms with Gasteiger partial charge in [0.2, 0.25) is 5.91 Å². The van der Waals surface area contributed by atoms with Crippen LogP contribution in [0, 0.1) is 17.8 Å². The number of hydrogen-bond acceptors (Lipinski definition) is 2. The monoisotopic (exact) mass is 293 g/mol. The van der Waals surface area contributed by atoms with Gasteiger partial charge in [-0.25, -0.2) is 4.79 Å². The molecule has 106 valence electrons. The van der Waals surface area contributed by atoms with E-state index < -0.39 is 12.0 Å². The Morgan fingerprint density at radius 2 is 1.90 bits per heavy atom. The second-order valence-electron chi connectivity index (χ2n) is 5.59. The summed E-state index contributed by atoms with van der Waals surface area (Å²) in [7, 11) is 0. The molecule has 0 heterocycles. The second-order valence-corrected chi connectivity index (χ2v) is 5.99. The molecule has 1 aromatic carbocycles. The zero-order chi connectivity index (χ0) is 14.3. The van der Waals surface area contributed by atoms with Gasteiger partial charge in [-0.1, -0.05) is 36.2 Å². The first kappa shape index (κ1) is 13.4. The first-order chi connectivity index (χ1) is 9.59. The normalized spacial score (nSPS) is 28.6. The molecule has 1 aromatic rings. The van der Waals surface area contributed by atoms with E-state index in [1.807, 2.05) is 0 Å². The van der Waals surface area contributed by atoms with E-state index >= 15 is 0 Å². The lowest BCUT2D eigenvalue weighted by atomic mass is 10.1. The summed E-state index contributed by atoms with van der Waals surface area (Å²) in [6, 6.07) is 5.64. The molecule has 1 amide bonds. The van der Waals surface area contributed by atoms with Crippen LogP contribution < -0.4 is 5.32 Å². The molecular formula is C15H16ClNO3. The van der Waals surface area contributed by atoms with Crippen molar-refractivity contribution in [1.29, 1.82) is 0 Å². The third-order valence-electron chi connectivity index (χ3n) is 4.46. The Balaban J connectivity index is 1.74. The second kappa shape index (κ2) is 5.09. The first-order valence-corrected chi connectivity index (χ1v) is 7.25. The highest BCUT2D eigenvalue weighted by atomic mass is 35.5. The highest BCUT2D eigenvalue weighted by Crippen LogP contribution is 2.57. The van der Waals surface area contributed by atoms with Crippen molar-refractivity contribution < 1.29 is 14.7 Å². The number of amides is 1. The molecule has 0 spiro atoms. The molecule has 2 unspecified atom stereocenters. The van der Waals surface area contributed by atoms with Gasteiger partial charge in [-0.05, 0) is 30.7 Å². The van der Waals surface area contributed by atoms with Crippen LogP contribution in [0.3, 0.4) is 0 Å². The van der Waals surface area contributed by atoms with Crippen LogP contribution in [0.15, 0.2) is 24.3 Å². The molecule has 0 aliphatic heterocycles. The molecule has 4 nitrogen and oxygen atoms in total. The molecule has 2 fully saturated rings. The van der Waals surface area contributed by atoms with Crippen LogP contribution >= 0.6 is 11.6 Å². The molecule has 20 heavy (non-hydrogen) atoms. The molecule has 2 aliphatic rings. The zero-order valence-corrected chi connectivity index (χ0v) is 11.6. The van der Waals surface area contributed by atoms with Crippen molar-refractivity contribution in [3.63, 3.8) is 0 Å². The van der Waals surface area contributed by atoms with E-state index in [1.165, 1.54) is 6.42 Å². The van der Waals surface area contributed by atoms with E-state index in [0.717, 1.165) is 12.8 Å². The Hall–Kier alpha value is -1.55. The average Bonchev–Trinajstić information content (AvgIpc) is 2.90. The van der Waals surface area contributed by atoms with Crippen LogP contribution in [0.25, 0.3) is 0 Å². The van der Waals surface area contributed by atoms with Crippen molar-refractivity contribution in [1.82, 2.24) is 5.32 Å². The van der Waals surface area contributed by atoms with Crippen molar-refractivity contribution in [2.24, 2.45) is 17.8 Å². The number of nitrogens with one attached hydrogen (secondary N) is 1. The fourth-order valence-corrected chi connectivity index (χ4v) is 3.68. The summed E-state index contributed by atoms with van der Waals surface area (Å²) in [6.07, 6.45) is 3.37. The summed E-state index contributed by atoms with van der Waals surface area (Å²) in [5.74, 6) is -0.288. The van der Waals surface area contributed by atoms with Gasteiger partial charge < -0.3 is 10.4 Å². The molecule has 2 aliphatic carbocycles. The first-order valence-electron chi connectivity index (χ1n) is 6.87. The number of carbonyl (C=O) groups is 2. The van der Waals surface area contributed by atoms with Gasteiger partial charge in [0, 0.05) is 16.5 Å². The minimum absolute atomic E-state index is 0.00749. The fraction of sp³-hybridized carbons (Fsp3) is 0.467. The largest absolute Gasteiger partial charge is 0.479 e. The number of fused-ring (bicyclic) bond motifs is 1. The van der Waals surface area contributed by atoms with Crippen molar-refractivity contribution in [2.75, 3.05) is 0 Å². The van der Waals surface area contributed by atoms with E-state index in [9.17, 15) is 14.7 Å². The van der Waals surface area contributed by atoms with E-state index in [0.29, 0.717) is 22.4 Å². The quantitative estimate of drug-likeness (QED) is 0.897. The summed E-state index contributed by atoms with van der Waals surface area (Å²) >= 11 is 6.02. The number of carbonyl (C=O) groups excluding carboxylic acids is 1. The van der Waals surface area contributed by atoms with E-state index in [-0.39, 0.29) is 11.8 Å². The maximum atomic E-state index is 12.2. The van der Waals surface area contributed by atoms with Crippen molar-refractivity contribution in [3.05, 3.63) is 34.9 Å². The Kier molecular flexibility index (Phi) is 3.42. The predicted octanol–water partition coefficient (Wildman–Crippen LogP) is 2.63. The molecule has 0 bridgehead atoms. The highest BCUT2D eigenvalue weighted by molar-refractivity contribution is 6.31. The Morgan fingerprint density at radius 1 is 1.25 bits per heavy atom. The molecule has 2 N–H and O–H groups in total. The van der Waals surface area contributed by atoms with E-state index in [2.05, 4.69) is 5.32 Å². The molecule has 0 saturated heterocycles. The summed E-state index contributed by atoms with van der Waals surface area (Å²) < 4.78 is 0. The summed E-state index contributed by atoms with van der Waals surface area (Å²) in [5.41, 5.74) is 0.431. The van der Waals surface area contributed by atoms with Gasteiger partial charge in [0.05, 0.1) is 0 Å². The van der Waals surface area contributed by atoms with Gasteiger partial charge in [0.15, 0.2) is 6.04 Å². The van der Waals surface area contributed by atoms with Crippen molar-refractivity contribution >= 4 is 23.5 Å². The molecule has 3 atom stereocenters. The van der Waals surface area contributed by atoms with Gasteiger partial charge in [0.1, 0.15) is 0 Å². The molecular weight excluding hydrogens is 278 g/mol. The minimum Gasteiger partial charge on any atom is -0.479 e. The molecule has 3 rings (SSSR count). The van der Waals surface area contributed by atoms with Crippen LogP contribution in [0.5, 0.6) is 0 Å². The van der Waals surface area contributed by atoms with Crippen LogP contribution in [-0.2, 0) is 9.59 Å². The van der Waals surface area contributed by atoms with Crippen LogP contribution in [-0.4, -0.2) is 17.0 Å². The SMILES string of the molecule is O=C(N[C@@H](C(=O)O)c1ccccc1Cl)C1C2CCCC21. The smallest absolute Gasteiger partial charge is 0.330 e. The van der Waals surface area contributed by atoms with Gasteiger partial charge in [-0.3, -0.25) is 4.79 Å². The Labute approximate surface area is 122 Å². The van der Waals surface area contributed by atoms with Gasteiger partial charge in [0.25, 0.3) is 0 Å². The van der Waals surface area contributed by atoms with Gasteiger partial charge in [-0.15, -0.1) is 0 Å². The Morgan fingerprint density at radius 3 is 2.50 bits per heavy atom. The number of hydrogen-bond donors (Lipinski definition) is 2. The van der Waals surface area contributed by atoms with E-state index in [4.69, 9.17) is 11.6 Å². The third kappa shape index (κ3) is 2.29. The fourth-order valence-electron chi connectivity index (χ4n) is 3.43. The number of aliphatic carboxylic acids is 1. The molecule has 5 heteroatoms. The maximum Gasteiger partial charge on any atom is 0.330 e. The van der Waals surface area contributed by atoms with Crippen LogP contribution in [0.1, 0.15) is 30.9 Å². The maximum absolute atomic E-state index is 12.2. The molecule has 2 saturated carbocycles. The van der Waals surface area contributed by atoms with Crippen molar-refractivity contribution in [3.8, 4) is 0 Å². The topological polar surface area (TPSA) is 66.4 Å². The predicted molar refractivity (Wildman–Crippen MR) is 74.3 cm³/mol. The number of carboxylic acids is 1. The van der Waals surface area contributed by atoms with Crippen LogP contribution in [0.4, 0.5) is 0 Å². The summed E-state index contributed by atoms with van der Waals surface area (Å²) in [6.45, 7) is 0. The Bertz CT molecular complexity index is 550. The number of rotatable bonds is 4. The third-order valence-corrected chi connectivity index (χ3v) is 4.80. The average molecular weight is 294 g/mol. The lowest BCUT2D eigenvalue weighted by molar-refractivity contribution is -0.142. The standard InChI is InChI=1S/C15H16ClNO3/c16-11-7-2-1-4-10(11)13(15(19)20)17-14(18)12-8-5-3-6-9(8)12/h1-2,4,7-9,12-13H,3,5-6H2,(H,17,18)(H,19,20)/t8?,9?,12?,13-/m1/s1. The van der Waals surface area contributed by atoms with Gasteiger partial charge in [-0.2, -0.15) is 0 Å². The minimum atomic E-state index is -1.09. The lowest BCUT2D eigenvalue weighted by Gasteiger charge is -2.16. The zero-order valence-electron chi connectivity index (χ0n) is 10.9.